The van der Waals surface area contributed by atoms with Gasteiger partial charge < -0.3 is 16.0 Å². The van der Waals surface area contributed by atoms with Gasteiger partial charge in [-0.25, -0.2) is 9.97 Å². The number of aliphatic imine (C=N–C) groups is 1. The van der Waals surface area contributed by atoms with Crippen LogP contribution in [0.1, 0.15) is 32.1 Å². The van der Waals surface area contributed by atoms with Crippen molar-refractivity contribution in [2.45, 2.75) is 37.6 Å². The number of aromatic nitrogens is 2. The number of nitrogens with one attached hydrogen (secondary N) is 1. The van der Waals surface area contributed by atoms with Gasteiger partial charge in [0, 0.05) is 30.6 Å². The van der Waals surface area contributed by atoms with E-state index in [-0.39, 0.29) is 5.54 Å². The van der Waals surface area contributed by atoms with Crippen molar-refractivity contribution in [3.63, 3.8) is 0 Å². The van der Waals surface area contributed by atoms with Gasteiger partial charge in [0.15, 0.2) is 0 Å². The van der Waals surface area contributed by atoms with E-state index in [1.165, 1.54) is 36.9 Å². The van der Waals surface area contributed by atoms with E-state index in [1.807, 2.05) is 0 Å². The zero-order valence-corrected chi connectivity index (χ0v) is 13.4. The largest absolute Gasteiger partial charge is 0.384 e. The van der Waals surface area contributed by atoms with Gasteiger partial charge in [-0.1, -0.05) is 19.3 Å². The molecular weight excluding hydrogens is 288 g/mol. The quantitative estimate of drug-likeness (QED) is 0.876. The topological polar surface area (TPSA) is 79.4 Å². The zero-order chi connectivity index (χ0) is 15.9. The summed E-state index contributed by atoms with van der Waals surface area (Å²) < 4.78 is 0. The van der Waals surface area contributed by atoms with Crippen LogP contribution in [0.2, 0.25) is 0 Å². The molecule has 3 N–H and O–H groups in total. The molecule has 0 saturated heterocycles. The minimum absolute atomic E-state index is 0.000106. The summed E-state index contributed by atoms with van der Waals surface area (Å²) in [6.07, 6.45) is 12.0. The Balaban J connectivity index is 1.64. The fraction of sp³-hybridized carbons (Fsp3) is 0.471. The molecule has 1 fully saturated rings. The maximum Gasteiger partial charge on any atom is 0.135 e. The number of nitrogens with two attached hydrogens (primary N) is 1. The van der Waals surface area contributed by atoms with Gasteiger partial charge in [-0.2, -0.15) is 0 Å². The van der Waals surface area contributed by atoms with Crippen molar-refractivity contribution in [3.05, 3.63) is 35.4 Å². The number of fused-ring (bicyclic) bond motifs is 1. The van der Waals surface area contributed by atoms with Crippen LogP contribution >= 0.6 is 0 Å². The van der Waals surface area contributed by atoms with E-state index in [2.05, 4.69) is 39.5 Å². The van der Waals surface area contributed by atoms with Gasteiger partial charge in [-0.05, 0) is 18.9 Å². The third-order valence-electron chi connectivity index (χ3n) is 5.01. The smallest absolute Gasteiger partial charge is 0.135 e. The predicted molar refractivity (Wildman–Crippen MR) is 92.1 cm³/mol. The molecule has 6 nitrogen and oxygen atoms in total. The van der Waals surface area contributed by atoms with Crippen molar-refractivity contribution in [1.82, 2.24) is 14.9 Å². The highest BCUT2D eigenvalue weighted by molar-refractivity contribution is 5.86. The van der Waals surface area contributed by atoms with Crippen LogP contribution in [-0.2, 0) is 0 Å². The van der Waals surface area contributed by atoms with Crippen LogP contribution < -0.4 is 11.1 Å². The number of allylic oxidation sites excluding steroid dienone is 1. The molecule has 0 aromatic carbocycles. The minimum atomic E-state index is -0.000106. The summed E-state index contributed by atoms with van der Waals surface area (Å²) in [6.45, 7) is 0.810. The summed E-state index contributed by atoms with van der Waals surface area (Å²) in [5, 5.41) is 3.39. The van der Waals surface area contributed by atoms with Gasteiger partial charge in [0.25, 0.3) is 0 Å². The molecule has 0 unspecified atom stereocenters. The third-order valence-corrected chi connectivity index (χ3v) is 5.01. The van der Waals surface area contributed by atoms with Gasteiger partial charge >= 0.3 is 0 Å². The summed E-state index contributed by atoms with van der Waals surface area (Å²) in [5.41, 5.74) is 9.48. The maximum absolute atomic E-state index is 5.74. The van der Waals surface area contributed by atoms with E-state index in [0.29, 0.717) is 5.82 Å². The summed E-state index contributed by atoms with van der Waals surface area (Å²) in [6, 6.07) is 1.76. The second kappa shape index (κ2) is 5.37. The Kier molecular flexibility index (Phi) is 3.32. The van der Waals surface area contributed by atoms with E-state index in [0.717, 1.165) is 30.9 Å². The van der Waals surface area contributed by atoms with Crippen molar-refractivity contribution in [1.29, 1.82) is 0 Å². The van der Waals surface area contributed by atoms with Gasteiger partial charge in [0.1, 0.15) is 18.0 Å². The number of anilines is 2. The maximum atomic E-state index is 5.74. The minimum Gasteiger partial charge on any atom is -0.384 e. The molecule has 2 aliphatic heterocycles. The van der Waals surface area contributed by atoms with Crippen LogP contribution in [0.25, 0.3) is 0 Å². The highest BCUT2D eigenvalue weighted by Crippen LogP contribution is 2.44. The molecule has 1 saturated carbocycles. The molecule has 1 aromatic heterocycles. The Morgan fingerprint density at radius 1 is 1.22 bits per heavy atom. The van der Waals surface area contributed by atoms with Crippen molar-refractivity contribution < 1.29 is 0 Å². The molecule has 4 rings (SSSR count). The first-order valence-corrected chi connectivity index (χ1v) is 8.23. The molecule has 1 aromatic rings. The van der Waals surface area contributed by atoms with Crippen LogP contribution in [0.4, 0.5) is 11.6 Å². The summed E-state index contributed by atoms with van der Waals surface area (Å²) in [5.74, 6) is 1.21. The van der Waals surface area contributed by atoms with Crippen LogP contribution in [-0.4, -0.2) is 40.2 Å². The zero-order valence-electron chi connectivity index (χ0n) is 13.4. The second-order valence-electron chi connectivity index (χ2n) is 6.63. The van der Waals surface area contributed by atoms with Crippen molar-refractivity contribution in [2.24, 2.45) is 4.99 Å². The monoisotopic (exact) mass is 310 g/mol. The Labute approximate surface area is 136 Å². The SMILES string of the molecule is CN1CC(Nc2cc(N)ncn2)=CC2=C1C=NC21CCCCC1. The number of rotatable bonds is 2. The lowest BCUT2D eigenvalue weighted by Crippen LogP contribution is -2.34. The van der Waals surface area contributed by atoms with Gasteiger partial charge in [0.2, 0.25) is 0 Å². The van der Waals surface area contributed by atoms with Gasteiger partial charge in [0.05, 0.1) is 17.8 Å². The third kappa shape index (κ3) is 2.48. The lowest BCUT2D eigenvalue weighted by atomic mass is 9.76. The molecule has 3 heterocycles. The van der Waals surface area contributed by atoms with Crippen LogP contribution in [0.15, 0.2) is 40.4 Å². The summed E-state index contributed by atoms with van der Waals surface area (Å²) in [4.78, 5) is 15.4. The Bertz CT molecular complexity index is 712. The summed E-state index contributed by atoms with van der Waals surface area (Å²) >= 11 is 0. The van der Waals surface area contributed by atoms with E-state index in [9.17, 15) is 0 Å². The Morgan fingerprint density at radius 2 is 2.04 bits per heavy atom. The van der Waals surface area contributed by atoms with E-state index in [4.69, 9.17) is 10.7 Å². The van der Waals surface area contributed by atoms with Crippen molar-refractivity contribution in [2.75, 3.05) is 24.6 Å². The number of hydrogen-bond acceptors (Lipinski definition) is 6. The van der Waals surface area contributed by atoms with Gasteiger partial charge in [-0.3, -0.25) is 4.99 Å². The molecule has 0 bridgehead atoms. The van der Waals surface area contributed by atoms with E-state index >= 15 is 0 Å². The van der Waals surface area contributed by atoms with Crippen LogP contribution in [0.5, 0.6) is 0 Å². The molecule has 0 amide bonds. The molecular formula is C17H22N6. The standard InChI is InChI=1S/C17H22N6/c1-23-10-12(22-16-8-15(18)19-11-20-16)7-13-14(23)9-21-17(13)5-3-2-4-6-17/h7-9,11H,2-6,10H2,1H3,(H3,18,19,20,22). The number of hydrogen-bond donors (Lipinski definition) is 2. The normalized spacial score (nSPS) is 22.3. The molecule has 1 aliphatic carbocycles. The molecule has 6 heteroatoms. The lowest BCUT2D eigenvalue weighted by Gasteiger charge is -2.36. The van der Waals surface area contributed by atoms with Gasteiger partial charge in [-0.15, -0.1) is 0 Å². The number of likely N-dealkylation sites (N-methyl/N-ethyl adjacent to an activating group) is 1. The summed E-state index contributed by atoms with van der Waals surface area (Å²) in [7, 11) is 2.12. The van der Waals surface area contributed by atoms with Crippen LogP contribution in [0.3, 0.4) is 0 Å². The Morgan fingerprint density at radius 3 is 2.83 bits per heavy atom. The molecule has 3 aliphatic rings. The lowest BCUT2D eigenvalue weighted by molar-refractivity contribution is 0.347. The van der Waals surface area contributed by atoms with Crippen molar-refractivity contribution in [3.8, 4) is 0 Å². The molecule has 23 heavy (non-hydrogen) atoms. The average molecular weight is 310 g/mol. The highest BCUT2D eigenvalue weighted by atomic mass is 15.2. The van der Waals surface area contributed by atoms with E-state index < -0.39 is 0 Å². The predicted octanol–water partition coefficient (Wildman–Crippen LogP) is 2.34. The first kappa shape index (κ1) is 14.2. The van der Waals surface area contributed by atoms with Crippen LogP contribution in [0, 0.1) is 0 Å². The average Bonchev–Trinajstić information content (AvgIpc) is 2.87. The molecule has 120 valence electrons. The first-order valence-electron chi connectivity index (χ1n) is 8.23. The fourth-order valence-corrected chi connectivity index (χ4v) is 3.85. The number of nitrogens with zero attached hydrogens (tertiary/aromatic N) is 4. The first-order chi connectivity index (χ1) is 11.2. The molecule has 1 spiro atoms. The Hall–Kier alpha value is -2.37. The number of nitrogen functional groups attached to an aromatic ring is 1. The van der Waals surface area contributed by atoms with E-state index in [1.54, 1.807) is 6.07 Å². The second-order valence-corrected chi connectivity index (χ2v) is 6.63. The van der Waals surface area contributed by atoms with Crippen molar-refractivity contribution >= 4 is 17.9 Å². The highest BCUT2D eigenvalue weighted by Gasteiger charge is 2.41. The molecule has 0 radical (unpaired) electrons. The molecule has 0 atom stereocenters. The fourth-order valence-electron chi connectivity index (χ4n) is 3.85.